The van der Waals surface area contributed by atoms with Crippen molar-refractivity contribution in [1.29, 1.82) is 0 Å². The number of rotatable bonds is 0. The summed E-state index contributed by atoms with van der Waals surface area (Å²) in [7, 11) is 0. The molecule has 12 heavy (non-hydrogen) atoms. The van der Waals surface area contributed by atoms with Crippen molar-refractivity contribution in [2.24, 2.45) is 11.8 Å². The van der Waals surface area contributed by atoms with Gasteiger partial charge in [0.05, 0.1) is 12.0 Å². The number of carbonyl (C=O) groups is 1. The molecule has 1 saturated heterocycles. The molecule has 4 nitrogen and oxygen atoms in total. The van der Waals surface area contributed by atoms with Crippen molar-refractivity contribution in [3.8, 4) is 0 Å². The molecule has 0 amide bonds. The molecule has 2 rings (SSSR count). The fourth-order valence-corrected chi connectivity index (χ4v) is 1.73. The van der Waals surface area contributed by atoms with Crippen LogP contribution in [0.2, 0.25) is 0 Å². The number of aliphatic hydroxyl groups is 2. The molecule has 1 fully saturated rings. The Morgan fingerprint density at radius 3 is 2.92 bits per heavy atom. The quantitative estimate of drug-likeness (QED) is 0.377. The Morgan fingerprint density at radius 1 is 1.42 bits per heavy atom. The Morgan fingerprint density at radius 2 is 2.17 bits per heavy atom. The zero-order valence-corrected chi connectivity index (χ0v) is 6.38. The first kappa shape index (κ1) is 7.76. The van der Waals surface area contributed by atoms with Gasteiger partial charge in [-0.3, -0.25) is 4.79 Å². The summed E-state index contributed by atoms with van der Waals surface area (Å²) >= 11 is 0. The van der Waals surface area contributed by atoms with Crippen molar-refractivity contribution in [3.63, 3.8) is 0 Å². The van der Waals surface area contributed by atoms with Crippen LogP contribution in [0.15, 0.2) is 12.2 Å². The van der Waals surface area contributed by atoms with Gasteiger partial charge in [0.1, 0.15) is 0 Å². The van der Waals surface area contributed by atoms with Crippen LogP contribution in [0.1, 0.15) is 6.42 Å². The summed E-state index contributed by atoms with van der Waals surface area (Å²) in [6.45, 7) is 0. The maximum absolute atomic E-state index is 11.0. The first-order valence-corrected chi connectivity index (χ1v) is 3.93. The molecule has 4 heteroatoms. The lowest BCUT2D eigenvalue weighted by molar-refractivity contribution is -0.156. The molecule has 0 spiro atoms. The molecule has 0 bridgehead atoms. The summed E-state index contributed by atoms with van der Waals surface area (Å²) in [6.07, 6.45) is 1.98. The maximum atomic E-state index is 11.0. The molecule has 1 unspecified atom stereocenters. The smallest absolute Gasteiger partial charge is 0.315 e. The number of esters is 1. The van der Waals surface area contributed by atoms with Gasteiger partial charge in [0.2, 0.25) is 6.29 Å². The monoisotopic (exact) mass is 170 g/mol. The van der Waals surface area contributed by atoms with Gasteiger partial charge in [-0.15, -0.1) is 0 Å². The molecule has 0 radical (unpaired) electrons. The average Bonchev–Trinajstić information content (AvgIpc) is 2.28. The topological polar surface area (TPSA) is 66.8 Å². The Kier molecular flexibility index (Phi) is 1.66. The van der Waals surface area contributed by atoms with E-state index in [1.165, 1.54) is 0 Å². The van der Waals surface area contributed by atoms with Crippen LogP contribution >= 0.6 is 0 Å². The molecule has 0 saturated carbocycles. The third kappa shape index (κ3) is 1.04. The third-order valence-electron chi connectivity index (χ3n) is 2.39. The molecular formula is C8H10O4. The van der Waals surface area contributed by atoms with Gasteiger partial charge in [-0.05, 0) is 6.42 Å². The number of hydrogen-bond donors (Lipinski definition) is 2. The molecule has 0 aromatic rings. The van der Waals surface area contributed by atoms with Crippen LogP contribution in [-0.2, 0) is 9.53 Å². The van der Waals surface area contributed by atoms with Crippen molar-refractivity contribution in [1.82, 2.24) is 0 Å². The van der Waals surface area contributed by atoms with E-state index in [0.717, 1.165) is 0 Å². The highest BCUT2D eigenvalue weighted by Crippen LogP contribution is 2.34. The first-order valence-electron chi connectivity index (χ1n) is 3.93. The lowest BCUT2D eigenvalue weighted by atomic mass is 9.84. The molecule has 4 atom stereocenters. The summed E-state index contributed by atoms with van der Waals surface area (Å²) in [5.41, 5.74) is 0. The van der Waals surface area contributed by atoms with E-state index in [0.29, 0.717) is 6.42 Å². The number of carbonyl (C=O) groups excluding carboxylic acids is 1. The van der Waals surface area contributed by atoms with Crippen molar-refractivity contribution in [2.45, 2.75) is 18.8 Å². The van der Waals surface area contributed by atoms with E-state index in [4.69, 9.17) is 0 Å². The van der Waals surface area contributed by atoms with Crippen LogP contribution in [0, 0.1) is 11.8 Å². The van der Waals surface area contributed by atoms with E-state index in [1.807, 2.05) is 0 Å². The van der Waals surface area contributed by atoms with Gasteiger partial charge >= 0.3 is 5.97 Å². The van der Waals surface area contributed by atoms with Gasteiger partial charge in [-0.2, -0.15) is 0 Å². The fraction of sp³-hybridized carbons (Fsp3) is 0.625. The van der Waals surface area contributed by atoms with Crippen LogP contribution < -0.4 is 0 Å². The zero-order valence-electron chi connectivity index (χ0n) is 6.38. The molecule has 1 aliphatic heterocycles. The van der Waals surface area contributed by atoms with Crippen LogP contribution in [0.5, 0.6) is 0 Å². The maximum Gasteiger partial charge on any atom is 0.315 e. The summed E-state index contributed by atoms with van der Waals surface area (Å²) < 4.78 is 4.61. The third-order valence-corrected chi connectivity index (χ3v) is 2.39. The number of aliphatic hydroxyl groups excluding tert-OH is 2. The molecule has 0 aromatic carbocycles. The predicted molar refractivity (Wildman–Crippen MR) is 38.8 cm³/mol. The fourth-order valence-electron chi connectivity index (χ4n) is 1.73. The minimum Gasteiger partial charge on any atom is -0.435 e. The summed E-state index contributed by atoms with van der Waals surface area (Å²) in [5.74, 6) is -1.02. The van der Waals surface area contributed by atoms with Crippen molar-refractivity contribution in [3.05, 3.63) is 12.2 Å². The predicted octanol–water partition coefficient (Wildman–Crippen LogP) is -0.585. The Hall–Kier alpha value is -0.870. The van der Waals surface area contributed by atoms with Crippen molar-refractivity contribution >= 4 is 5.97 Å². The van der Waals surface area contributed by atoms with Crippen molar-refractivity contribution in [2.75, 3.05) is 0 Å². The second-order valence-electron chi connectivity index (χ2n) is 3.21. The highest BCUT2D eigenvalue weighted by Gasteiger charge is 2.44. The second kappa shape index (κ2) is 2.57. The number of ether oxygens (including phenoxy) is 1. The average molecular weight is 170 g/mol. The van der Waals surface area contributed by atoms with Gasteiger partial charge in [-0.1, -0.05) is 12.2 Å². The van der Waals surface area contributed by atoms with E-state index in [-0.39, 0.29) is 11.8 Å². The Balaban J connectivity index is 2.23. The van der Waals surface area contributed by atoms with Crippen molar-refractivity contribution < 1.29 is 19.7 Å². The Bertz CT molecular complexity index is 235. The normalized spacial score (nSPS) is 45.7. The van der Waals surface area contributed by atoms with Gasteiger partial charge in [0, 0.05) is 5.92 Å². The molecule has 2 N–H and O–H groups in total. The lowest BCUT2D eigenvalue weighted by Gasteiger charge is -2.21. The van der Waals surface area contributed by atoms with Gasteiger partial charge in [0.15, 0.2) is 0 Å². The standard InChI is InChI=1S/C8H10O4/c9-4-1-2-5-6(3-4)8(11)12-7(5)10/h1-2,4-6,8-9,11H,3H2/t4-,5+,6-,8?/m0/s1. The van der Waals surface area contributed by atoms with E-state index in [9.17, 15) is 15.0 Å². The van der Waals surface area contributed by atoms with E-state index < -0.39 is 18.4 Å². The second-order valence-corrected chi connectivity index (χ2v) is 3.21. The molecule has 0 aromatic heterocycles. The highest BCUT2D eigenvalue weighted by atomic mass is 16.6. The molecule has 1 heterocycles. The molecule has 2 aliphatic rings. The molecule has 1 aliphatic carbocycles. The molecule has 66 valence electrons. The minimum absolute atomic E-state index is 0.266. The summed E-state index contributed by atoms with van der Waals surface area (Å²) in [5, 5.41) is 18.4. The highest BCUT2D eigenvalue weighted by molar-refractivity contribution is 5.77. The summed E-state index contributed by atoms with van der Waals surface area (Å²) in [6, 6.07) is 0. The van der Waals surface area contributed by atoms with Gasteiger partial charge < -0.3 is 14.9 Å². The number of cyclic esters (lactones) is 1. The van der Waals surface area contributed by atoms with Crippen LogP contribution in [0.25, 0.3) is 0 Å². The number of fused-ring (bicyclic) bond motifs is 1. The zero-order chi connectivity index (χ0) is 8.72. The largest absolute Gasteiger partial charge is 0.435 e. The molecular weight excluding hydrogens is 160 g/mol. The van der Waals surface area contributed by atoms with Gasteiger partial charge in [0.25, 0.3) is 0 Å². The summed E-state index contributed by atoms with van der Waals surface area (Å²) in [4.78, 5) is 11.0. The van der Waals surface area contributed by atoms with E-state index in [1.54, 1.807) is 12.2 Å². The minimum atomic E-state index is -1.04. The van der Waals surface area contributed by atoms with Crippen LogP contribution in [-0.4, -0.2) is 28.6 Å². The van der Waals surface area contributed by atoms with Crippen LogP contribution in [0.3, 0.4) is 0 Å². The lowest BCUT2D eigenvalue weighted by Crippen LogP contribution is -2.27. The number of hydrogen-bond acceptors (Lipinski definition) is 4. The SMILES string of the molecule is O=C1OC(O)[C@H]2C[C@@H](O)C=C[C@@H]12. The first-order chi connectivity index (χ1) is 5.68. The van der Waals surface area contributed by atoms with Gasteiger partial charge in [-0.25, -0.2) is 0 Å². The van der Waals surface area contributed by atoms with E-state index in [2.05, 4.69) is 4.74 Å². The Labute approximate surface area is 69.5 Å². The van der Waals surface area contributed by atoms with Crippen LogP contribution in [0.4, 0.5) is 0 Å². The van der Waals surface area contributed by atoms with E-state index >= 15 is 0 Å².